The van der Waals surface area contributed by atoms with Crippen LogP contribution in [0.15, 0.2) is 42.5 Å². The van der Waals surface area contributed by atoms with Crippen molar-refractivity contribution in [2.24, 2.45) is 0 Å². The molecule has 5 nitrogen and oxygen atoms in total. The molecule has 0 heterocycles. The third-order valence-electron chi connectivity index (χ3n) is 3.68. The number of carbonyl (C=O) groups is 2. The number of rotatable bonds is 6. The van der Waals surface area contributed by atoms with Crippen LogP contribution in [0, 0.1) is 13.8 Å². The monoisotopic (exact) mass is 361 g/mol. The maximum Gasteiger partial charge on any atom is 0.347 e. The van der Waals surface area contributed by atoms with Gasteiger partial charge in [-0.25, -0.2) is 4.79 Å². The van der Waals surface area contributed by atoms with Crippen molar-refractivity contribution in [3.05, 3.63) is 58.6 Å². The fraction of sp³-hybridized carbons (Fsp3) is 0.263. The Morgan fingerprint density at radius 1 is 1.12 bits per heavy atom. The van der Waals surface area contributed by atoms with Crippen LogP contribution in [0.2, 0.25) is 5.02 Å². The summed E-state index contributed by atoms with van der Waals surface area (Å²) in [4.78, 5) is 23.9. The SMILES string of the molecule is Cc1cccc(NC(=O)COC(=O)[C@H](C)Oc2ccc(Cl)cc2)c1C. The molecule has 132 valence electrons. The predicted octanol–water partition coefficient (Wildman–Crippen LogP) is 3.91. The van der Waals surface area contributed by atoms with Gasteiger partial charge in [0, 0.05) is 10.7 Å². The summed E-state index contributed by atoms with van der Waals surface area (Å²) in [6.07, 6.45) is -0.838. The quantitative estimate of drug-likeness (QED) is 0.792. The topological polar surface area (TPSA) is 64.6 Å². The first-order valence-corrected chi connectivity index (χ1v) is 8.19. The van der Waals surface area contributed by atoms with E-state index in [0.29, 0.717) is 16.5 Å². The highest BCUT2D eigenvalue weighted by Crippen LogP contribution is 2.18. The molecule has 0 aromatic heterocycles. The standard InChI is InChI=1S/C19H20ClNO4/c1-12-5-4-6-17(13(12)2)21-18(22)11-24-19(23)14(3)25-16-9-7-15(20)8-10-16/h4-10,14H,11H2,1-3H3,(H,21,22)/t14-/m0/s1. The van der Waals surface area contributed by atoms with Gasteiger partial charge < -0.3 is 14.8 Å². The number of benzene rings is 2. The number of halogens is 1. The van der Waals surface area contributed by atoms with Gasteiger partial charge in [-0.3, -0.25) is 4.79 Å². The molecule has 0 unspecified atom stereocenters. The molecule has 0 aliphatic heterocycles. The maximum absolute atomic E-state index is 12.0. The van der Waals surface area contributed by atoms with Crippen molar-refractivity contribution in [3.63, 3.8) is 0 Å². The summed E-state index contributed by atoms with van der Waals surface area (Å²) in [6.45, 7) is 5.06. The molecule has 25 heavy (non-hydrogen) atoms. The van der Waals surface area contributed by atoms with Crippen molar-refractivity contribution in [3.8, 4) is 5.75 Å². The van der Waals surface area contributed by atoms with Crippen molar-refractivity contribution < 1.29 is 19.1 Å². The van der Waals surface area contributed by atoms with Gasteiger partial charge >= 0.3 is 5.97 Å². The molecule has 0 fully saturated rings. The van der Waals surface area contributed by atoms with Crippen molar-refractivity contribution in [2.45, 2.75) is 26.9 Å². The lowest BCUT2D eigenvalue weighted by atomic mass is 10.1. The molecule has 2 rings (SSSR count). The summed E-state index contributed by atoms with van der Waals surface area (Å²) in [5.74, 6) is -0.527. The number of aryl methyl sites for hydroxylation is 1. The minimum atomic E-state index is -0.838. The van der Waals surface area contributed by atoms with E-state index in [0.717, 1.165) is 11.1 Å². The van der Waals surface area contributed by atoms with E-state index in [4.69, 9.17) is 21.1 Å². The summed E-state index contributed by atoms with van der Waals surface area (Å²) in [7, 11) is 0. The first kappa shape index (κ1) is 18.8. The highest BCUT2D eigenvalue weighted by molar-refractivity contribution is 6.30. The molecule has 0 aliphatic rings. The normalized spacial score (nSPS) is 11.5. The van der Waals surface area contributed by atoms with E-state index >= 15 is 0 Å². The summed E-state index contributed by atoms with van der Waals surface area (Å²) in [5.41, 5.74) is 2.74. The summed E-state index contributed by atoms with van der Waals surface area (Å²) < 4.78 is 10.5. The first-order valence-electron chi connectivity index (χ1n) is 7.81. The van der Waals surface area contributed by atoms with Gasteiger partial charge in [-0.1, -0.05) is 23.7 Å². The number of ether oxygens (including phenoxy) is 2. The van der Waals surface area contributed by atoms with Crippen LogP contribution in [0.4, 0.5) is 5.69 Å². The Balaban J connectivity index is 1.83. The van der Waals surface area contributed by atoms with Crippen molar-refractivity contribution in [2.75, 3.05) is 11.9 Å². The summed E-state index contributed by atoms with van der Waals surface area (Å²) >= 11 is 5.79. The van der Waals surface area contributed by atoms with E-state index in [9.17, 15) is 9.59 Å². The van der Waals surface area contributed by atoms with Gasteiger partial charge in [-0.05, 0) is 62.2 Å². The lowest BCUT2D eigenvalue weighted by molar-refractivity contribution is -0.153. The fourth-order valence-electron chi connectivity index (χ4n) is 2.09. The second-order valence-electron chi connectivity index (χ2n) is 5.62. The molecule has 0 aliphatic carbocycles. The molecule has 6 heteroatoms. The molecule has 0 saturated carbocycles. The largest absolute Gasteiger partial charge is 0.479 e. The predicted molar refractivity (Wildman–Crippen MR) is 97.0 cm³/mol. The number of anilines is 1. The average Bonchev–Trinajstić information content (AvgIpc) is 2.59. The van der Waals surface area contributed by atoms with Gasteiger partial charge in [0.05, 0.1) is 0 Å². The van der Waals surface area contributed by atoms with Crippen LogP contribution >= 0.6 is 11.6 Å². The van der Waals surface area contributed by atoms with Crippen molar-refractivity contribution in [1.29, 1.82) is 0 Å². The number of hydrogen-bond acceptors (Lipinski definition) is 4. The van der Waals surface area contributed by atoms with E-state index in [1.807, 2.05) is 26.0 Å². The van der Waals surface area contributed by atoms with E-state index in [-0.39, 0.29) is 6.61 Å². The molecule has 0 radical (unpaired) electrons. The van der Waals surface area contributed by atoms with Crippen LogP contribution in [0.1, 0.15) is 18.1 Å². The maximum atomic E-state index is 12.0. The minimum absolute atomic E-state index is 0.374. The molecule has 0 spiro atoms. The van der Waals surface area contributed by atoms with E-state index in [2.05, 4.69) is 5.32 Å². The van der Waals surface area contributed by atoms with Crippen LogP contribution in [0.25, 0.3) is 0 Å². The van der Waals surface area contributed by atoms with Crippen molar-refractivity contribution >= 4 is 29.2 Å². The highest BCUT2D eigenvalue weighted by atomic mass is 35.5. The Bertz CT molecular complexity index is 759. The second kappa shape index (κ2) is 8.53. The number of hydrogen-bond donors (Lipinski definition) is 1. The Morgan fingerprint density at radius 2 is 1.80 bits per heavy atom. The van der Waals surface area contributed by atoms with Crippen LogP contribution < -0.4 is 10.1 Å². The lowest BCUT2D eigenvalue weighted by Crippen LogP contribution is -2.29. The average molecular weight is 362 g/mol. The van der Waals surface area contributed by atoms with Crippen LogP contribution in [-0.2, 0) is 14.3 Å². The van der Waals surface area contributed by atoms with E-state index < -0.39 is 18.0 Å². The van der Waals surface area contributed by atoms with Gasteiger partial charge in [-0.15, -0.1) is 0 Å². The molecule has 1 atom stereocenters. The number of amides is 1. The first-order chi connectivity index (χ1) is 11.9. The third-order valence-corrected chi connectivity index (χ3v) is 3.93. The number of nitrogens with one attached hydrogen (secondary N) is 1. The molecule has 1 amide bonds. The zero-order valence-electron chi connectivity index (χ0n) is 14.3. The van der Waals surface area contributed by atoms with Gasteiger partial charge in [0.1, 0.15) is 5.75 Å². The van der Waals surface area contributed by atoms with Crippen LogP contribution in [0.3, 0.4) is 0 Å². The minimum Gasteiger partial charge on any atom is -0.479 e. The summed E-state index contributed by atoms with van der Waals surface area (Å²) in [6, 6.07) is 12.2. The summed E-state index contributed by atoms with van der Waals surface area (Å²) in [5, 5.41) is 3.30. The number of carbonyl (C=O) groups excluding carboxylic acids is 2. The Morgan fingerprint density at radius 3 is 2.48 bits per heavy atom. The third kappa shape index (κ3) is 5.50. The molecule has 2 aromatic rings. The Labute approximate surface area is 151 Å². The zero-order chi connectivity index (χ0) is 18.4. The molecule has 0 saturated heterocycles. The highest BCUT2D eigenvalue weighted by Gasteiger charge is 2.18. The Kier molecular flexibility index (Phi) is 6.42. The molecule has 2 aromatic carbocycles. The van der Waals surface area contributed by atoms with Crippen molar-refractivity contribution in [1.82, 2.24) is 0 Å². The van der Waals surface area contributed by atoms with Gasteiger partial charge in [0.25, 0.3) is 5.91 Å². The Hall–Kier alpha value is -2.53. The lowest BCUT2D eigenvalue weighted by Gasteiger charge is -2.14. The van der Waals surface area contributed by atoms with Gasteiger partial charge in [-0.2, -0.15) is 0 Å². The smallest absolute Gasteiger partial charge is 0.347 e. The zero-order valence-corrected chi connectivity index (χ0v) is 15.1. The number of esters is 1. The van der Waals surface area contributed by atoms with Crippen LogP contribution in [0.5, 0.6) is 5.75 Å². The fourth-order valence-corrected chi connectivity index (χ4v) is 2.22. The molecular formula is C19H20ClNO4. The van der Waals surface area contributed by atoms with E-state index in [1.54, 1.807) is 37.3 Å². The van der Waals surface area contributed by atoms with Gasteiger partial charge in [0.15, 0.2) is 12.7 Å². The second-order valence-corrected chi connectivity index (χ2v) is 6.05. The van der Waals surface area contributed by atoms with Crippen LogP contribution in [-0.4, -0.2) is 24.6 Å². The van der Waals surface area contributed by atoms with E-state index in [1.165, 1.54) is 0 Å². The van der Waals surface area contributed by atoms with Gasteiger partial charge in [0.2, 0.25) is 0 Å². The molecule has 0 bridgehead atoms. The molecule has 1 N–H and O–H groups in total. The molecular weight excluding hydrogens is 342 g/mol.